The van der Waals surface area contributed by atoms with Crippen molar-refractivity contribution in [3.05, 3.63) is 70.2 Å². The zero-order chi connectivity index (χ0) is 23.4. The van der Waals surface area contributed by atoms with E-state index in [9.17, 15) is 13.2 Å². The van der Waals surface area contributed by atoms with Crippen LogP contribution < -0.4 is 5.32 Å². The molecular weight excluding hydrogens is 443 g/mol. The molecule has 2 unspecified atom stereocenters. The second-order valence-corrected chi connectivity index (χ2v) is 11.7. The van der Waals surface area contributed by atoms with Crippen molar-refractivity contribution in [1.82, 2.24) is 5.32 Å². The van der Waals surface area contributed by atoms with Gasteiger partial charge in [-0.1, -0.05) is 41.9 Å². The SMILES string of the molecule is C[C@@H](Cc1cccc(C(F)(F)F)c1)N[C@H](C)C12C[C@@H]3C[C@@H](CC(c4ccc(Cl)cc4)(C3)C1)C2. The highest BCUT2D eigenvalue weighted by molar-refractivity contribution is 6.30. The van der Waals surface area contributed by atoms with Crippen LogP contribution in [-0.4, -0.2) is 12.1 Å². The Morgan fingerprint density at radius 1 is 1.00 bits per heavy atom. The summed E-state index contributed by atoms with van der Waals surface area (Å²) in [5, 5.41) is 4.61. The highest BCUT2D eigenvalue weighted by Crippen LogP contribution is 2.66. The number of rotatable bonds is 6. The monoisotopic (exact) mass is 475 g/mol. The zero-order valence-corrected chi connectivity index (χ0v) is 20.1. The number of alkyl halides is 3. The summed E-state index contributed by atoms with van der Waals surface area (Å²) in [4.78, 5) is 0. The zero-order valence-electron chi connectivity index (χ0n) is 19.4. The van der Waals surface area contributed by atoms with Crippen molar-refractivity contribution in [2.75, 3.05) is 0 Å². The van der Waals surface area contributed by atoms with Crippen LogP contribution in [0.1, 0.15) is 69.1 Å². The van der Waals surface area contributed by atoms with Crippen LogP contribution in [0.5, 0.6) is 0 Å². The summed E-state index contributed by atoms with van der Waals surface area (Å²) in [5.41, 5.74) is 2.11. The quantitative estimate of drug-likeness (QED) is 0.449. The lowest BCUT2D eigenvalue weighted by molar-refractivity contribution is -0.137. The van der Waals surface area contributed by atoms with Crippen molar-refractivity contribution in [2.24, 2.45) is 17.3 Å². The molecule has 0 aromatic heterocycles. The van der Waals surface area contributed by atoms with Crippen LogP contribution >= 0.6 is 11.6 Å². The predicted molar refractivity (Wildman–Crippen MR) is 127 cm³/mol. The molecule has 2 aromatic carbocycles. The van der Waals surface area contributed by atoms with E-state index in [2.05, 4.69) is 31.3 Å². The predicted octanol–water partition coefficient (Wildman–Crippen LogP) is 7.81. The van der Waals surface area contributed by atoms with Crippen LogP contribution in [0.3, 0.4) is 0 Å². The van der Waals surface area contributed by atoms with Crippen LogP contribution in [-0.2, 0) is 18.0 Å². The molecule has 6 rings (SSSR count). The van der Waals surface area contributed by atoms with Gasteiger partial charge in [0, 0.05) is 17.1 Å². The largest absolute Gasteiger partial charge is 0.416 e. The van der Waals surface area contributed by atoms with Gasteiger partial charge in [0.25, 0.3) is 0 Å². The number of benzene rings is 2. The lowest BCUT2D eigenvalue weighted by Gasteiger charge is -2.64. The standard InChI is InChI=1S/C28H33ClF3N/c1-18(10-20-4-3-5-24(12-20)28(30,31)32)33-19(2)26-13-21-11-22(14-26)16-27(15-21,17-26)23-6-8-25(29)9-7-23/h3-9,12,18-19,21-22,33H,10-11,13-17H2,1-2H3/t18-,19+,21-,22+,26?,27?/m0/s1. The second kappa shape index (κ2) is 8.30. The van der Waals surface area contributed by atoms with Gasteiger partial charge in [-0.15, -0.1) is 0 Å². The van der Waals surface area contributed by atoms with Gasteiger partial charge < -0.3 is 5.32 Å². The highest BCUT2D eigenvalue weighted by atomic mass is 35.5. The third-order valence-electron chi connectivity index (χ3n) is 8.81. The average molecular weight is 476 g/mol. The Bertz CT molecular complexity index is 985. The minimum Gasteiger partial charge on any atom is -0.311 e. The Morgan fingerprint density at radius 2 is 1.67 bits per heavy atom. The fraction of sp³-hybridized carbons (Fsp3) is 0.571. The van der Waals surface area contributed by atoms with Gasteiger partial charge in [-0.2, -0.15) is 13.2 Å². The van der Waals surface area contributed by atoms with Crippen LogP contribution in [0.15, 0.2) is 48.5 Å². The Kier molecular flexibility index (Phi) is 5.85. The van der Waals surface area contributed by atoms with Crippen LogP contribution in [0.2, 0.25) is 5.02 Å². The van der Waals surface area contributed by atoms with E-state index >= 15 is 0 Å². The molecule has 6 atom stereocenters. The van der Waals surface area contributed by atoms with E-state index in [0.717, 1.165) is 28.5 Å². The summed E-state index contributed by atoms with van der Waals surface area (Å²) >= 11 is 6.18. The number of hydrogen-bond donors (Lipinski definition) is 1. The summed E-state index contributed by atoms with van der Waals surface area (Å²) < 4.78 is 39.3. The number of hydrogen-bond acceptors (Lipinski definition) is 1. The minimum atomic E-state index is -4.30. The van der Waals surface area contributed by atoms with E-state index in [1.165, 1.54) is 56.2 Å². The first-order valence-electron chi connectivity index (χ1n) is 12.3. The summed E-state index contributed by atoms with van der Waals surface area (Å²) in [6.45, 7) is 4.41. The molecule has 0 spiro atoms. The number of halogens is 4. The molecule has 0 heterocycles. The van der Waals surface area contributed by atoms with Crippen molar-refractivity contribution in [1.29, 1.82) is 0 Å². The van der Waals surface area contributed by atoms with Gasteiger partial charge >= 0.3 is 6.18 Å². The lowest BCUT2D eigenvalue weighted by atomic mass is 9.41. The van der Waals surface area contributed by atoms with E-state index < -0.39 is 11.7 Å². The maximum Gasteiger partial charge on any atom is 0.416 e. The maximum absolute atomic E-state index is 13.1. The van der Waals surface area contributed by atoms with Crippen molar-refractivity contribution in [2.45, 2.75) is 82.5 Å². The van der Waals surface area contributed by atoms with Crippen LogP contribution in [0, 0.1) is 17.3 Å². The van der Waals surface area contributed by atoms with E-state index in [1.54, 1.807) is 6.07 Å². The molecule has 4 aliphatic carbocycles. The van der Waals surface area contributed by atoms with Gasteiger partial charge in [0.1, 0.15) is 0 Å². The molecule has 0 amide bonds. The van der Waals surface area contributed by atoms with Gasteiger partial charge in [-0.3, -0.25) is 0 Å². The highest BCUT2D eigenvalue weighted by Gasteiger charge is 2.59. The Labute approximate surface area is 200 Å². The third-order valence-corrected chi connectivity index (χ3v) is 9.06. The first kappa shape index (κ1) is 23.2. The molecule has 0 radical (unpaired) electrons. The van der Waals surface area contributed by atoms with Gasteiger partial charge in [-0.25, -0.2) is 0 Å². The van der Waals surface area contributed by atoms with Crippen molar-refractivity contribution < 1.29 is 13.2 Å². The van der Waals surface area contributed by atoms with E-state index in [1.807, 2.05) is 12.1 Å². The summed E-state index contributed by atoms with van der Waals surface area (Å²) in [6.07, 6.45) is 3.93. The summed E-state index contributed by atoms with van der Waals surface area (Å²) in [7, 11) is 0. The first-order valence-corrected chi connectivity index (χ1v) is 12.6. The van der Waals surface area contributed by atoms with E-state index in [-0.39, 0.29) is 16.9 Å². The first-order chi connectivity index (χ1) is 15.6. The minimum absolute atomic E-state index is 0.114. The molecule has 2 aromatic rings. The molecule has 4 fully saturated rings. The summed E-state index contributed by atoms with van der Waals surface area (Å²) in [5.74, 6) is 1.54. The Morgan fingerprint density at radius 3 is 2.30 bits per heavy atom. The van der Waals surface area contributed by atoms with Crippen LogP contribution in [0.4, 0.5) is 13.2 Å². The molecule has 4 saturated carbocycles. The maximum atomic E-state index is 13.1. The van der Waals surface area contributed by atoms with Crippen LogP contribution in [0.25, 0.3) is 0 Å². The lowest BCUT2D eigenvalue weighted by Crippen LogP contribution is -2.60. The fourth-order valence-electron chi connectivity index (χ4n) is 7.87. The molecule has 4 aliphatic rings. The molecule has 5 heteroatoms. The van der Waals surface area contributed by atoms with Crippen molar-refractivity contribution >= 4 is 11.6 Å². The topological polar surface area (TPSA) is 12.0 Å². The molecule has 1 N–H and O–H groups in total. The van der Waals surface area contributed by atoms with Gasteiger partial charge in [-0.05, 0) is 111 Å². The molecule has 4 bridgehead atoms. The second-order valence-electron chi connectivity index (χ2n) is 11.3. The molecule has 1 nitrogen and oxygen atoms in total. The van der Waals surface area contributed by atoms with E-state index in [4.69, 9.17) is 11.6 Å². The number of nitrogens with one attached hydrogen (secondary N) is 1. The molecule has 0 saturated heterocycles. The van der Waals surface area contributed by atoms with Crippen molar-refractivity contribution in [3.63, 3.8) is 0 Å². The molecule has 33 heavy (non-hydrogen) atoms. The normalized spacial score (nSPS) is 32.7. The molecule has 178 valence electrons. The van der Waals surface area contributed by atoms with Gasteiger partial charge in [0.05, 0.1) is 5.56 Å². The molecular formula is C28H33ClF3N. The smallest absolute Gasteiger partial charge is 0.311 e. The summed E-state index contributed by atoms with van der Waals surface area (Å²) in [6, 6.07) is 14.7. The fourth-order valence-corrected chi connectivity index (χ4v) is 8.00. The van der Waals surface area contributed by atoms with Gasteiger partial charge in [0.15, 0.2) is 0 Å². The third kappa shape index (κ3) is 4.46. The average Bonchev–Trinajstić information content (AvgIpc) is 2.72. The van der Waals surface area contributed by atoms with Crippen molar-refractivity contribution in [3.8, 4) is 0 Å². The Balaban J connectivity index is 1.32. The molecule has 0 aliphatic heterocycles. The Hall–Kier alpha value is -1.52. The van der Waals surface area contributed by atoms with E-state index in [0.29, 0.717) is 12.5 Å². The van der Waals surface area contributed by atoms with Gasteiger partial charge in [0.2, 0.25) is 0 Å².